The van der Waals surface area contributed by atoms with Crippen LogP contribution in [0.15, 0.2) is 48.3 Å². The number of methoxy groups -OCH3 is 2. The molecule has 1 aromatic carbocycles. The van der Waals surface area contributed by atoms with Crippen molar-refractivity contribution in [3.8, 4) is 5.75 Å². The van der Waals surface area contributed by atoms with Gasteiger partial charge in [0, 0.05) is 14.2 Å². The highest BCUT2D eigenvalue weighted by Crippen LogP contribution is 2.37. The molecule has 0 radical (unpaired) electrons. The molecule has 0 N–H and O–H groups in total. The highest BCUT2D eigenvalue weighted by Gasteiger charge is 2.30. The van der Waals surface area contributed by atoms with Gasteiger partial charge in [-0.05, 0) is 47.6 Å². The lowest BCUT2D eigenvalue weighted by molar-refractivity contribution is 0.113. The van der Waals surface area contributed by atoms with E-state index in [-0.39, 0.29) is 5.41 Å². The van der Waals surface area contributed by atoms with Crippen LogP contribution < -0.4 is 4.74 Å². The highest BCUT2D eigenvalue weighted by molar-refractivity contribution is 5.34. The van der Waals surface area contributed by atoms with E-state index in [1.165, 1.54) is 5.56 Å². The van der Waals surface area contributed by atoms with E-state index < -0.39 is 0 Å². The van der Waals surface area contributed by atoms with Gasteiger partial charge in [0.05, 0.1) is 13.2 Å². The van der Waals surface area contributed by atoms with Gasteiger partial charge >= 0.3 is 0 Å². The number of rotatable bonds is 10. The van der Waals surface area contributed by atoms with Crippen LogP contribution >= 0.6 is 0 Å². The monoisotopic (exact) mass is 346 g/mol. The molecule has 2 rings (SSSR count). The van der Waals surface area contributed by atoms with Crippen LogP contribution in [0, 0.1) is 5.92 Å². The quantitative estimate of drug-likeness (QED) is 0.597. The molecule has 1 atom stereocenters. The molecule has 0 heterocycles. The lowest BCUT2D eigenvalue weighted by Crippen LogP contribution is -2.28. The average molecular weight is 346 g/mol. The van der Waals surface area contributed by atoms with Gasteiger partial charge in [-0.15, -0.1) is 0 Å². The van der Waals surface area contributed by atoms with Gasteiger partial charge in [0.1, 0.15) is 24.7 Å². The SMILES string of the molecule is COCCOC1=CCC(C(C)(C)c2ccc(OCCOC)cc2)C=C1. The molecule has 1 unspecified atom stereocenters. The minimum atomic E-state index is 0.0378. The molecule has 4 nitrogen and oxygen atoms in total. The third-order valence-electron chi connectivity index (χ3n) is 4.70. The van der Waals surface area contributed by atoms with Crippen LogP contribution in [0.1, 0.15) is 25.8 Å². The van der Waals surface area contributed by atoms with Crippen molar-refractivity contribution in [2.24, 2.45) is 5.92 Å². The molecule has 0 bridgehead atoms. The first-order chi connectivity index (χ1) is 12.1. The van der Waals surface area contributed by atoms with Crippen molar-refractivity contribution in [3.63, 3.8) is 0 Å². The normalized spacial score (nSPS) is 17.3. The lowest BCUT2D eigenvalue weighted by atomic mass is 9.71. The molecule has 1 aliphatic carbocycles. The van der Waals surface area contributed by atoms with E-state index in [0.717, 1.165) is 17.9 Å². The Balaban J connectivity index is 1.94. The summed E-state index contributed by atoms with van der Waals surface area (Å²) in [5.74, 6) is 2.25. The van der Waals surface area contributed by atoms with E-state index in [9.17, 15) is 0 Å². The van der Waals surface area contributed by atoms with Crippen molar-refractivity contribution in [1.29, 1.82) is 0 Å². The number of hydrogen-bond donors (Lipinski definition) is 0. The minimum Gasteiger partial charge on any atom is -0.492 e. The average Bonchev–Trinajstić information content (AvgIpc) is 2.63. The Morgan fingerprint density at radius 2 is 1.56 bits per heavy atom. The lowest BCUT2D eigenvalue weighted by Gasteiger charge is -2.34. The van der Waals surface area contributed by atoms with Crippen LogP contribution in [-0.4, -0.2) is 40.6 Å². The second-order valence-corrected chi connectivity index (χ2v) is 6.74. The Bertz CT molecular complexity index is 572. The van der Waals surface area contributed by atoms with Gasteiger partial charge in [0.15, 0.2) is 0 Å². The van der Waals surface area contributed by atoms with E-state index in [0.29, 0.717) is 32.3 Å². The summed E-state index contributed by atoms with van der Waals surface area (Å²) in [7, 11) is 3.36. The van der Waals surface area contributed by atoms with E-state index in [1.807, 2.05) is 12.1 Å². The van der Waals surface area contributed by atoms with Crippen molar-refractivity contribution in [2.75, 3.05) is 40.6 Å². The van der Waals surface area contributed by atoms with Crippen LogP contribution in [0.2, 0.25) is 0 Å². The molecule has 25 heavy (non-hydrogen) atoms. The summed E-state index contributed by atoms with van der Waals surface area (Å²) < 4.78 is 21.3. The molecule has 0 aliphatic heterocycles. The maximum atomic E-state index is 5.68. The summed E-state index contributed by atoms with van der Waals surface area (Å²) in [4.78, 5) is 0. The highest BCUT2D eigenvalue weighted by atomic mass is 16.5. The molecule has 1 aliphatic rings. The van der Waals surface area contributed by atoms with E-state index in [1.54, 1.807) is 14.2 Å². The van der Waals surface area contributed by atoms with Gasteiger partial charge in [-0.1, -0.05) is 32.1 Å². The van der Waals surface area contributed by atoms with Gasteiger partial charge in [-0.25, -0.2) is 0 Å². The Labute approximate surface area is 151 Å². The molecule has 0 amide bonds. The zero-order chi connectivity index (χ0) is 18.1. The number of hydrogen-bond acceptors (Lipinski definition) is 4. The van der Waals surface area contributed by atoms with Crippen molar-refractivity contribution >= 4 is 0 Å². The fourth-order valence-corrected chi connectivity index (χ4v) is 2.92. The van der Waals surface area contributed by atoms with Gasteiger partial charge in [-0.3, -0.25) is 0 Å². The van der Waals surface area contributed by atoms with Crippen molar-refractivity contribution in [2.45, 2.75) is 25.7 Å². The zero-order valence-corrected chi connectivity index (χ0v) is 15.8. The predicted octanol–water partition coefficient (Wildman–Crippen LogP) is 4.11. The number of allylic oxidation sites excluding steroid dienone is 3. The molecular weight excluding hydrogens is 316 g/mol. The summed E-state index contributed by atoms with van der Waals surface area (Å²) in [5.41, 5.74) is 1.34. The van der Waals surface area contributed by atoms with Crippen molar-refractivity contribution in [3.05, 3.63) is 53.8 Å². The molecule has 4 heteroatoms. The summed E-state index contributed by atoms with van der Waals surface area (Å²) in [5, 5.41) is 0. The summed E-state index contributed by atoms with van der Waals surface area (Å²) >= 11 is 0. The maximum absolute atomic E-state index is 5.68. The Morgan fingerprint density at radius 3 is 2.12 bits per heavy atom. The third-order valence-corrected chi connectivity index (χ3v) is 4.70. The molecular formula is C21H30O4. The molecule has 138 valence electrons. The molecule has 1 aromatic rings. The van der Waals surface area contributed by atoms with Gasteiger partial charge in [0.25, 0.3) is 0 Å². The van der Waals surface area contributed by atoms with E-state index in [4.69, 9.17) is 18.9 Å². The summed E-state index contributed by atoms with van der Waals surface area (Å²) in [6.45, 7) is 6.94. The fraction of sp³-hybridized carbons (Fsp3) is 0.524. The Kier molecular flexibility index (Phi) is 7.53. The Hall–Kier alpha value is -1.78. The van der Waals surface area contributed by atoms with Crippen LogP contribution in [-0.2, 0) is 19.6 Å². The first-order valence-corrected chi connectivity index (χ1v) is 8.80. The van der Waals surface area contributed by atoms with Crippen LogP contribution in [0.3, 0.4) is 0 Å². The van der Waals surface area contributed by atoms with E-state index >= 15 is 0 Å². The smallest absolute Gasteiger partial charge is 0.119 e. The van der Waals surface area contributed by atoms with E-state index in [2.05, 4.69) is 44.2 Å². The van der Waals surface area contributed by atoms with Gasteiger partial charge < -0.3 is 18.9 Å². The first kappa shape index (κ1) is 19.5. The first-order valence-electron chi connectivity index (χ1n) is 8.80. The van der Waals surface area contributed by atoms with Crippen LogP contribution in [0.5, 0.6) is 5.75 Å². The second kappa shape index (κ2) is 9.64. The Morgan fingerprint density at radius 1 is 0.920 bits per heavy atom. The van der Waals surface area contributed by atoms with Crippen LogP contribution in [0.25, 0.3) is 0 Å². The topological polar surface area (TPSA) is 36.9 Å². The molecule has 0 saturated carbocycles. The minimum absolute atomic E-state index is 0.0378. The molecule has 0 saturated heterocycles. The van der Waals surface area contributed by atoms with Crippen LogP contribution in [0.4, 0.5) is 0 Å². The van der Waals surface area contributed by atoms with Crippen molar-refractivity contribution in [1.82, 2.24) is 0 Å². The second-order valence-electron chi connectivity index (χ2n) is 6.74. The summed E-state index contributed by atoms with van der Waals surface area (Å²) in [6.07, 6.45) is 7.47. The molecule has 0 spiro atoms. The van der Waals surface area contributed by atoms with Crippen molar-refractivity contribution < 1.29 is 18.9 Å². The van der Waals surface area contributed by atoms with Gasteiger partial charge in [-0.2, -0.15) is 0 Å². The number of benzene rings is 1. The standard InChI is InChI=1S/C21H30O4/c1-21(2,17-5-9-19(10-6-17)24-15-13-22-3)18-7-11-20(12-8-18)25-16-14-23-4/h5-7,9-12,18H,8,13-16H2,1-4H3. The number of ether oxygens (including phenoxy) is 4. The zero-order valence-electron chi connectivity index (χ0n) is 15.8. The molecule has 0 aromatic heterocycles. The fourth-order valence-electron chi connectivity index (χ4n) is 2.92. The largest absolute Gasteiger partial charge is 0.492 e. The maximum Gasteiger partial charge on any atom is 0.119 e. The van der Waals surface area contributed by atoms with Gasteiger partial charge in [0.2, 0.25) is 0 Å². The predicted molar refractivity (Wildman–Crippen MR) is 100.0 cm³/mol. The summed E-state index contributed by atoms with van der Waals surface area (Å²) in [6, 6.07) is 8.39. The molecule has 0 fully saturated rings. The third kappa shape index (κ3) is 5.62.